The van der Waals surface area contributed by atoms with Gasteiger partial charge in [0, 0.05) is 34.5 Å². The molecule has 0 aliphatic carbocycles. The lowest BCUT2D eigenvalue weighted by atomic mass is 10.1. The van der Waals surface area contributed by atoms with Crippen LogP contribution in [0, 0.1) is 0 Å². The average molecular weight is 350 g/mol. The molecule has 1 aromatic heterocycles. The number of H-pyrrole nitrogens is 1. The third-order valence-electron chi connectivity index (χ3n) is 4.77. The number of likely N-dealkylation sites (tertiary alicyclic amines) is 1. The number of nitrogens with one attached hydrogen (secondary N) is 1. The number of para-hydroxylation sites is 1. The van der Waals surface area contributed by atoms with Gasteiger partial charge in [0.25, 0.3) is 0 Å². The normalized spacial score (nSPS) is 14.8. The average Bonchev–Trinajstić information content (AvgIpc) is 3.00. The van der Waals surface area contributed by atoms with E-state index < -0.39 is 0 Å². The van der Waals surface area contributed by atoms with Crippen molar-refractivity contribution in [3.05, 3.63) is 60.2 Å². The van der Waals surface area contributed by atoms with E-state index >= 15 is 0 Å². The fraction of sp³-hybridized carbons (Fsp3) is 0.286. The quantitative estimate of drug-likeness (QED) is 0.728. The number of aromatic amines is 1. The first-order valence-electron chi connectivity index (χ1n) is 8.91. The molecule has 3 aromatic rings. The first-order valence-corrected chi connectivity index (χ1v) is 9.73. The molecule has 1 fully saturated rings. The third-order valence-corrected chi connectivity index (χ3v) is 5.83. The van der Waals surface area contributed by atoms with Crippen molar-refractivity contribution in [2.75, 3.05) is 13.1 Å². The van der Waals surface area contributed by atoms with Crippen LogP contribution in [0.3, 0.4) is 0 Å². The van der Waals surface area contributed by atoms with E-state index in [4.69, 9.17) is 0 Å². The molecule has 4 rings (SSSR count). The predicted octanol–water partition coefficient (Wildman–Crippen LogP) is 4.87. The van der Waals surface area contributed by atoms with Crippen molar-refractivity contribution >= 4 is 28.6 Å². The van der Waals surface area contributed by atoms with Gasteiger partial charge in [-0.1, -0.05) is 48.2 Å². The van der Waals surface area contributed by atoms with Crippen LogP contribution in [-0.2, 0) is 11.2 Å². The van der Waals surface area contributed by atoms with Gasteiger partial charge in [-0.25, -0.2) is 0 Å². The molecular weight excluding hydrogens is 328 g/mol. The van der Waals surface area contributed by atoms with Gasteiger partial charge < -0.3 is 9.88 Å². The van der Waals surface area contributed by atoms with Crippen LogP contribution in [0.5, 0.6) is 0 Å². The van der Waals surface area contributed by atoms with E-state index in [9.17, 15) is 4.79 Å². The number of benzene rings is 2. The van der Waals surface area contributed by atoms with Crippen molar-refractivity contribution in [1.29, 1.82) is 0 Å². The Morgan fingerprint density at radius 2 is 1.68 bits per heavy atom. The van der Waals surface area contributed by atoms with E-state index in [0.717, 1.165) is 47.4 Å². The first-order chi connectivity index (χ1) is 12.3. The SMILES string of the molecule is O=C(Cc1c(Sc2ccccc2)[nH]c2ccccc12)N1CCCCC1. The Bertz CT molecular complexity index is 866. The van der Waals surface area contributed by atoms with Gasteiger partial charge in [0.2, 0.25) is 5.91 Å². The molecule has 2 heterocycles. The standard InChI is InChI=1S/C21H22N2OS/c24-20(23-13-7-2-8-14-23)15-18-17-11-5-6-12-19(17)22-21(18)25-16-9-3-1-4-10-16/h1,3-6,9-12,22H,2,7-8,13-15H2. The van der Waals surface area contributed by atoms with Crippen LogP contribution in [0.15, 0.2) is 64.5 Å². The van der Waals surface area contributed by atoms with Crippen molar-refractivity contribution in [2.45, 2.75) is 35.6 Å². The lowest BCUT2D eigenvalue weighted by Crippen LogP contribution is -2.36. The minimum Gasteiger partial charge on any atom is -0.349 e. The Kier molecular flexibility index (Phi) is 4.79. The fourth-order valence-corrected chi connectivity index (χ4v) is 4.45. The molecule has 1 aliphatic rings. The Balaban J connectivity index is 1.65. The van der Waals surface area contributed by atoms with Gasteiger partial charge >= 0.3 is 0 Å². The van der Waals surface area contributed by atoms with Crippen LogP contribution in [0.25, 0.3) is 10.9 Å². The van der Waals surface area contributed by atoms with Crippen LogP contribution in [0.2, 0.25) is 0 Å². The number of rotatable bonds is 4. The Labute approximate surface area is 152 Å². The number of carbonyl (C=O) groups excluding carboxylic acids is 1. The van der Waals surface area contributed by atoms with Crippen LogP contribution >= 0.6 is 11.8 Å². The largest absolute Gasteiger partial charge is 0.349 e. The summed E-state index contributed by atoms with van der Waals surface area (Å²) in [6, 6.07) is 18.6. The van der Waals surface area contributed by atoms with Gasteiger partial charge in [0.1, 0.15) is 0 Å². The molecule has 0 bridgehead atoms. The lowest BCUT2D eigenvalue weighted by Gasteiger charge is -2.26. The number of amides is 1. The van der Waals surface area contributed by atoms with Gasteiger partial charge in [-0.05, 0) is 37.5 Å². The summed E-state index contributed by atoms with van der Waals surface area (Å²) < 4.78 is 0. The molecule has 1 saturated heterocycles. The van der Waals surface area contributed by atoms with E-state index in [-0.39, 0.29) is 5.91 Å². The third kappa shape index (κ3) is 3.59. The molecule has 0 atom stereocenters. The van der Waals surface area contributed by atoms with Crippen LogP contribution < -0.4 is 0 Å². The molecule has 2 aromatic carbocycles. The Morgan fingerprint density at radius 1 is 0.960 bits per heavy atom. The summed E-state index contributed by atoms with van der Waals surface area (Å²) in [6.45, 7) is 1.81. The number of hydrogen-bond donors (Lipinski definition) is 1. The van der Waals surface area contributed by atoms with Crippen molar-refractivity contribution in [3.63, 3.8) is 0 Å². The van der Waals surface area contributed by atoms with Gasteiger partial charge in [-0.3, -0.25) is 4.79 Å². The summed E-state index contributed by atoms with van der Waals surface area (Å²) in [5.74, 6) is 0.249. The van der Waals surface area contributed by atoms with E-state index in [1.54, 1.807) is 11.8 Å². The minimum atomic E-state index is 0.249. The minimum absolute atomic E-state index is 0.249. The highest BCUT2D eigenvalue weighted by Crippen LogP contribution is 2.35. The maximum atomic E-state index is 12.8. The van der Waals surface area contributed by atoms with Crippen molar-refractivity contribution in [1.82, 2.24) is 9.88 Å². The molecule has 0 spiro atoms. The Hall–Kier alpha value is -2.20. The molecule has 4 heteroatoms. The Morgan fingerprint density at radius 3 is 2.48 bits per heavy atom. The molecule has 1 N–H and O–H groups in total. The summed E-state index contributed by atoms with van der Waals surface area (Å²) in [5.41, 5.74) is 2.22. The van der Waals surface area contributed by atoms with Gasteiger partial charge in [-0.15, -0.1) is 0 Å². The zero-order chi connectivity index (χ0) is 17.1. The topological polar surface area (TPSA) is 36.1 Å². The van der Waals surface area contributed by atoms with E-state index in [0.29, 0.717) is 6.42 Å². The number of fused-ring (bicyclic) bond motifs is 1. The first kappa shape index (κ1) is 16.3. The molecular formula is C21H22N2OS. The van der Waals surface area contributed by atoms with Gasteiger partial charge in [0.05, 0.1) is 11.4 Å². The van der Waals surface area contributed by atoms with Crippen molar-refractivity contribution < 1.29 is 4.79 Å². The zero-order valence-electron chi connectivity index (χ0n) is 14.2. The van der Waals surface area contributed by atoms with Crippen LogP contribution in [0.4, 0.5) is 0 Å². The monoisotopic (exact) mass is 350 g/mol. The second-order valence-electron chi connectivity index (χ2n) is 6.51. The molecule has 3 nitrogen and oxygen atoms in total. The number of carbonyl (C=O) groups is 1. The van der Waals surface area contributed by atoms with Crippen LogP contribution in [-0.4, -0.2) is 28.9 Å². The molecule has 1 amide bonds. The molecule has 128 valence electrons. The van der Waals surface area contributed by atoms with Crippen molar-refractivity contribution in [3.8, 4) is 0 Å². The molecule has 25 heavy (non-hydrogen) atoms. The van der Waals surface area contributed by atoms with E-state index in [2.05, 4.69) is 29.2 Å². The highest BCUT2D eigenvalue weighted by atomic mass is 32.2. The molecule has 0 radical (unpaired) electrons. The fourth-order valence-electron chi connectivity index (χ4n) is 3.45. The second-order valence-corrected chi connectivity index (χ2v) is 7.60. The summed E-state index contributed by atoms with van der Waals surface area (Å²) in [7, 11) is 0. The summed E-state index contributed by atoms with van der Waals surface area (Å²) in [6.07, 6.45) is 3.97. The second kappa shape index (κ2) is 7.36. The number of nitrogens with zero attached hydrogens (tertiary/aromatic N) is 1. The summed E-state index contributed by atoms with van der Waals surface area (Å²) in [4.78, 5) is 19.5. The van der Waals surface area contributed by atoms with Gasteiger partial charge in [0.15, 0.2) is 0 Å². The van der Waals surface area contributed by atoms with Gasteiger partial charge in [-0.2, -0.15) is 0 Å². The highest BCUT2D eigenvalue weighted by molar-refractivity contribution is 7.99. The molecule has 0 unspecified atom stereocenters. The summed E-state index contributed by atoms with van der Waals surface area (Å²) in [5, 5.41) is 2.24. The zero-order valence-corrected chi connectivity index (χ0v) is 15.0. The maximum absolute atomic E-state index is 12.8. The predicted molar refractivity (Wildman–Crippen MR) is 103 cm³/mol. The lowest BCUT2D eigenvalue weighted by molar-refractivity contribution is -0.131. The van der Waals surface area contributed by atoms with Crippen LogP contribution in [0.1, 0.15) is 24.8 Å². The van der Waals surface area contributed by atoms with E-state index in [1.807, 2.05) is 35.2 Å². The molecule has 1 aliphatic heterocycles. The number of hydrogen-bond acceptors (Lipinski definition) is 2. The van der Waals surface area contributed by atoms with E-state index in [1.165, 1.54) is 11.3 Å². The number of aromatic nitrogens is 1. The molecule has 0 saturated carbocycles. The smallest absolute Gasteiger partial charge is 0.227 e. The number of piperidine rings is 1. The maximum Gasteiger partial charge on any atom is 0.227 e. The summed E-state index contributed by atoms with van der Waals surface area (Å²) >= 11 is 1.70. The highest BCUT2D eigenvalue weighted by Gasteiger charge is 2.21. The van der Waals surface area contributed by atoms with Crippen molar-refractivity contribution in [2.24, 2.45) is 0 Å².